The summed E-state index contributed by atoms with van der Waals surface area (Å²) in [6, 6.07) is 27.0. The van der Waals surface area contributed by atoms with Crippen molar-refractivity contribution in [3.63, 3.8) is 0 Å². The Labute approximate surface area is 181 Å². The quantitative estimate of drug-likeness (QED) is 0.323. The molecule has 1 unspecified atom stereocenters. The maximum absolute atomic E-state index is 5.61. The van der Waals surface area contributed by atoms with Crippen LogP contribution in [0.1, 0.15) is 30.2 Å². The van der Waals surface area contributed by atoms with Crippen molar-refractivity contribution in [3.8, 4) is 22.8 Å². The average molecular weight is 416 g/mol. The Morgan fingerprint density at radius 2 is 1.60 bits per heavy atom. The third-order valence-corrected chi connectivity index (χ3v) is 6.00. The predicted molar refractivity (Wildman–Crippen MR) is 123 cm³/mol. The van der Waals surface area contributed by atoms with E-state index in [2.05, 4.69) is 89.3 Å². The van der Waals surface area contributed by atoms with Crippen molar-refractivity contribution in [1.82, 2.24) is 14.8 Å². The fraction of sp³-hybridized carbons (Fsp3) is 0.200. The van der Waals surface area contributed by atoms with Gasteiger partial charge in [0.1, 0.15) is 5.75 Å². The molecule has 0 aliphatic rings. The van der Waals surface area contributed by atoms with Crippen LogP contribution in [0.4, 0.5) is 0 Å². The van der Waals surface area contributed by atoms with Crippen LogP contribution in [-0.2, 0) is 0 Å². The van der Waals surface area contributed by atoms with E-state index in [4.69, 9.17) is 4.74 Å². The summed E-state index contributed by atoms with van der Waals surface area (Å²) in [6.07, 6.45) is 0. The number of nitrogens with zero attached hydrogens (tertiary/aromatic N) is 3. The molecule has 1 heterocycles. The second-order valence-corrected chi connectivity index (χ2v) is 8.41. The largest absolute Gasteiger partial charge is 0.494 e. The monoisotopic (exact) mass is 415 g/mol. The highest BCUT2D eigenvalue weighted by Gasteiger charge is 2.19. The summed E-state index contributed by atoms with van der Waals surface area (Å²) < 4.78 is 7.74. The summed E-state index contributed by atoms with van der Waals surface area (Å²) in [6.45, 7) is 6.92. The van der Waals surface area contributed by atoms with Crippen molar-refractivity contribution in [1.29, 1.82) is 0 Å². The zero-order chi connectivity index (χ0) is 20.9. The smallest absolute Gasteiger partial charge is 0.196 e. The predicted octanol–water partition coefficient (Wildman–Crippen LogP) is 6.49. The molecule has 5 heteroatoms. The van der Waals surface area contributed by atoms with E-state index in [1.807, 2.05) is 25.1 Å². The van der Waals surface area contributed by atoms with Crippen LogP contribution in [-0.4, -0.2) is 21.4 Å². The van der Waals surface area contributed by atoms with E-state index in [1.54, 1.807) is 11.8 Å². The topological polar surface area (TPSA) is 39.9 Å². The number of ether oxygens (including phenoxy) is 1. The van der Waals surface area contributed by atoms with E-state index in [9.17, 15) is 0 Å². The molecular formula is C25H25N3OS. The molecule has 4 nitrogen and oxygen atoms in total. The summed E-state index contributed by atoms with van der Waals surface area (Å²) in [4.78, 5) is 0. The van der Waals surface area contributed by atoms with E-state index >= 15 is 0 Å². The first kappa shape index (κ1) is 20.2. The maximum atomic E-state index is 5.61. The molecule has 3 aromatic carbocycles. The summed E-state index contributed by atoms with van der Waals surface area (Å²) in [5.41, 5.74) is 4.54. The summed E-state index contributed by atoms with van der Waals surface area (Å²) >= 11 is 1.71. The minimum absolute atomic E-state index is 0.253. The van der Waals surface area contributed by atoms with E-state index in [0.717, 1.165) is 28.0 Å². The molecular weight excluding hydrogens is 390 g/mol. The van der Waals surface area contributed by atoms with Crippen molar-refractivity contribution in [2.24, 2.45) is 0 Å². The number of aromatic nitrogens is 3. The second-order valence-electron chi connectivity index (χ2n) is 7.11. The maximum Gasteiger partial charge on any atom is 0.196 e. The zero-order valence-electron chi connectivity index (χ0n) is 17.4. The lowest BCUT2D eigenvalue weighted by Crippen LogP contribution is -2.01. The van der Waals surface area contributed by atoms with Crippen molar-refractivity contribution < 1.29 is 4.74 Å². The van der Waals surface area contributed by atoms with Crippen molar-refractivity contribution in [2.45, 2.75) is 31.2 Å². The van der Waals surface area contributed by atoms with Crippen molar-refractivity contribution >= 4 is 11.8 Å². The Kier molecular flexibility index (Phi) is 6.19. The first-order valence-electron chi connectivity index (χ1n) is 10.1. The van der Waals surface area contributed by atoms with Gasteiger partial charge in [0, 0.05) is 16.5 Å². The normalized spacial score (nSPS) is 12.0. The molecule has 0 aliphatic carbocycles. The van der Waals surface area contributed by atoms with E-state index in [0.29, 0.717) is 6.61 Å². The van der Waals surface area contributed by atoms with Gasteiger partial charge in [-0.2, -0.15) is 0 Å². The number of rotatable bonds is 7. The Balaban J connectivity index is 1.75. The van der Waals surface area contributed by atoms with Gasteiger partial charge < -0.3 is 4.74 Å². The van der Waals surface area contributed by atoms with Gasteiger partial charge in [-0.05, 0) is 50.6 Å². The molecule has 0 fully saturated rings. The molecule has 0 saturated heterocycles. The lowest BCUT2D eigenvalue weighted by Gasteiger charge is -2.14. The summed E-state index contributed by atoms with van der Waals surface area (Å²) in [7, 11) is 0. The van der Waals surface area contributed by atoms with Crippen LogP contribution < -0.4 is 4.74 Å². The zero-order valence-corrected chi connectivity index (χ0v) is 18.3. The van der Waals surface area contributed by atoms with Crippen LogP contribution in [0, 0.1) is 6.92 Å². The molecule has 0 radical (unpaired) electrons. The van der Waals surface area contributed by atoms with Crippen LogP contribution in [0.15, 0.2) is 84.0 Å². The highest BCUT2D eigenvalue weighted by Crippen LogP contribution is 2.37. The molecule has 1 atom stereocenters. The minimum Gasteiger partial charge on any atom is -0.494 e. The lowest BCUT2D eigenvalue weighted by molar-refractivity contribution is 0.340. The van der Waals surface area contributed by atoms with Gasteiger partial charge in [-0.15, -0.1) is 10.2 Å². The fourth-order valence-corrected chi connectivity index (χ4v) is 4.27. The second kappa shape index (κ2) is 9.18. The molecule has 0 saturated carbocycles. The first-order chi connectivity index (χ1) is 14.7. The third kappa shape index (κ3) is 4.41. The van der Waals surface area contributed by atoms with Crippen LogP contribution >= 0.6 is 11.8 Å². The van der Waals surface area contributed by atoms with Gasteiger partial charge in [-0.3, -0.25) is 4.57 Å². The standard InChI is InChI=1S/C25H25N3OS/c1-4-29-23-16-14-22(15-17-23)28-24(21-12-10-18(2)11-13-21)26-27-25(28)30-19(3)20-8-6-5-7-9-20/h5-17,19H,4H2,1-3H3. The van der Waals surface area contributed by atoms with Crippen LogP contribution in [0.3, 0.4) is 0 Å². The van der Waals surface area contributed by atoms with Crippen LogP contribution in [0.5, 0.6) is 5.75 Å². The van der Waals surface area contributed by atoms with E-state index in [-0.39, 0.29) is 5.25 Å². The number of aryl methyl sites for hydroxylation is 1. The Morgan fingerprint density at radius 3 is 2.27 bits per heavy atom. The van der Waals surface area contributed by atoms with Gasteiger partial charge in [0.2, 0.25) is 0 Å². The Hall–Kier alpha value is -3.05. The van der Waals surface area contributed by atoms with Gasteiger partial charge in [0.05, 0.1) is 6.61 Å². The number of benzene rings is 3. The van der Waals surface area contributed by atoms with E-state index in [1.165, 1.54) is 11.1 Å². The molecule has 0 aliphatic heterocycles. The molecule has 152 valence electrons. The van der Waals surface area contributed by atoms with Crippen molar-refractivity contribution in [2.75, 3.05) is 6.61 Å². The average Bonchev–Trinajstić information content (AvgIpc) is 3.19. The minimum atomic E-state index is 0.253. The van der Waals surface area contributed by atoms with Crippen molar-refractivity contribution in [3.05, 3.63) is 90.0 Å². The molecule has 0 amide bonds. The number of hydrogen-bond acceptors (Lipinski definition) is 4. The highest BCUT2D eigenvalue weighted by molar-refractivity contribution is 7.99. The molecule has 0 bridgehead atoms. The highest BCUT2D eigenvalue weighted by atomic mass is 32.2. The van der Waals surface area contributed by atoms with Crippen LogP contribution in [0.25, 0.3) is 17.1 Å². The van der Waals surface area contributed by atoms with Gasteiger partial charge >= 0.3 is 0 Å². The SMILES string of the molecule is CCOc1ccc(-n2c(SC(C)c3ccccc3)nnc2-c2ccc(C)cc2)cc1. The Bertz CT molecular complexity index is 1090. The lowest BCUT2D eigenvalue weighted by atomic mass is 10.1. The van der Waals surface area contributed by atoms with E-state index < -0.39 is 0 Å². The molecule has 0 spiro atoms. The Morgan fingerprint density at radius 1 is 0.900 bits per heavy atom. The molecule has 30 heavy (non-hydrogen) atoms. The third-order valence-electron chi connectivity index (χ3n) is 4.90. The molecule has 1 aromatic heterocycles. The summed E-state index contributed by atoms with van der Waals surface area (Å²) in [5.74, 6) is 1.69. The summed E-state index contributed by atoms with van der Waals surface area (Å²) in [5, 5.41) is 10.2. The molecule has 0 N–H and O–H groups in total. The number of hydrogen-bond donors (Lipinski definition) is 0. The van der Waals surface area contributed by atoms with Crippen LogP contribution in [0.2, 0.25) is 0 Å². The number of thioether (sulfide) groups is 1. The van der Waals surface area contributed by atoms with Gasteiger partial charge in [0.15, 0.2) is 11.0 Å². The van der Waals surface area contributed by atoms with Gasteiger partial charge in [-0.1, -0.05) is 71.9 Å². The molecule has 4 aromatic rings. The van der Waals surface area contributed by atoms with Gasteiger partial charge in [-0.25, -0.2) is 0 Å². The fourth-order valence-electron chi connectivity index (χ4n) is 3.28. The first-order valence-corrected chi connectivity index (χ1v) is 11.0. The van der Waals surface area contributed by atoms with Gasteiger partial charge in [0.25, 0.3) is 0 Å². The molecule has 4 rings (SSSR count).